The molecular weight excluding hydrogens is 356 g/mol. The third kappa shape index (κ3) is 3.95. The fourth-order valence-electron chi connectivity index (χ4n) is 1.82. The van der Waals surface area contributed by atoms with E-state index in [-0.39, 0.29) is 0 Å². The molecule has 0 bridgehead atoms. The van der Waals surface area contributed by atoms with E-state index >= 15 is 0 Å². The van der Waals surface area contributed by atoms with E-state index in [1.54, 1.807) is 0 Å². The number of anilines is 2. The Kier molecular flexibility index (Phi) is 5.02. The highest BCUT2D eigenvalue weighted by molar-refractivity contribution is 9.10. The number of benzene rings is 2. The minimum absolute atomic E-state index is 0.515. The van der Waals surface area contributed by atoms with Crippen LogP contribution in [0.15, 0.2) is 40.9 Å². The lowest BCUT2D eigenvalue weighted by Gasteiger charge is -2.14. The molecule has 2 aromatic carbocycles. The summed E-state index contributed by atoms with van der Waals surface area (Å²) in [6.45, 7) is 4.11. The smallest absolute Gasteiger partial charge is 0.175 e. The van der Waals surface area contributed by atoms with Crippen molar-refractivity contribution in [1.29, 1.82) is 0 Å². The maximum atomic E-state index is 6.15. The lowest BCUT2D eigenvalue weighted by Crippen LogP contribution is -2.19. The fraction of sp³-hybridized carbons (Fsp3) is 0.133. The van der Waals surface area contributed by atoms with E-state index < -0.39 is 0 Å². The molecule has 2 N–H and O–H groups in total. The predicted octanol–water partition coefficient (Wildman–Crippen LogP) is 5.53. The summed E-state index contributed by atoms with van der Waals surface area (Å²) in [5.41, 5.74) is 4.14. The van der Waals surface area contributed by atoms with Gasteiger partial charge in [-0.2, -0.15) is 0 Å². The Balaban J connectivity index is 2.09. The van der Waals surface area contributed by atoms with Crippen molar-refractivity contribution < 1.29 is 0 Å². The molecule has 0 unspecified atom stereocenters. The average molecular weight is 370 g/mol. The lowest BCUT2D eigenvalue weighted by atomic mass is 10.1. The molecular formula is C15H14BrClN2S. The second-order valence-corrected chi connectivity index (χ2v) is 6.25. The monoisotopic (exact) mass is 368 g/mol. The van der Waals surface area contributed by atoms with Crippen LogP contribution < -0.4 is 10.6 Å². The van der Waals surface area contributed by atoms with Crippen LogP contribution in [0.1, 0.15) is 11.1 Å². The van der Waals surface area contributed by atoms with Crippen molar-refractivity contribution in [3.63, 3.8) is 0 Å². The number of thiocarbonyl (C=S) groups is 1. The molecule has 0 saturated carbocycles. The first-order chi connectivity index (χ1) is 9.45. The lowest BCUT2D eigenvalue weighted by molar-refractivity contribution is 1.38. The van der Waals surface area contributed by atoms with Crippen molar-refractivity contribution >= 4 is 56.2 Å². The van der Waals surface area contributed by atoms with Gasteiger partial charge in [0.1, 0.15) is 0 Å². The Labute approximate surface area is 137 Å². The predicted molar refractivity (Wildman–Crippen MR) is 94.9 cm³/mol. The van der Waals surface area contributed by atoms with E-state index in [9.17, 15) is 0 Å². The highest BCUT2D eigenvalue weighted by Gasteiger charge is 2.05. The van der Waals surface area contributed by atoms with E-state index in [1.807, 2.05) is 37.3 Å². The van der Waals surface area contributed by atoms with Gasteiger partial charge in [0, 0.05) is 10.2 Å². The summed E-state index contributed by atoms with van der Waals surface area (Å²) in [4.78, 5) is 0. The van der Waals surface area contributed by atoms with Crippen molar-refractivity contribution in [1.82, 2.24) is 0 Å². The van der Waals surface area contributed by atoms with Crippen LogP contribution in [0.5, 0.6) is 0 Å². The zero-order chi connectivity index (χ0) is 14.7. The molecule has 2 rings (SSSR count). The van der Waals surface area contributed by atoms with Crippen LogP contribution in [0, 0.1) is 13.8 Å². The highest BCUT2D eigenvalue weighted by Crippen LogP contribution is 2.26. The number of aryl methyl sites for hydroxylation is 2. The quantitative estimate of drug-likeness (QED) is 0.681. The van der Waals surface area contributed by atoms with Gasteiger partial charge in [-0.1, -0.05) is 45.2 Å². The molecule has 2 nitrogen and oxygen atoms in total. The van der Waals surface area contributed by atoms with Gasteiger partial charge in [-0.15, -0.1) is 0 Å². The summed E-state index contributed by atoms with van der Waals surface area (Å²) in [7, 11) is 0. The molecule has 0 aliphatic carbocycles. The first kappa shape index (κ1) is 15.3. The normalized spacial score (nSPS) is 10.2. The number of halogens is 2. The first-order valence-electron chi connectivity index (χ1n) is 6.06. The standard InChI is InChI=1S/C15H14BrClN2S/c1-9-3-5-13(10(2)7-9)18-15(20)19-14-6-4-11(16)8-12(14)17/h3-8H,1-2H3,(H2,18,19,20). The summed E-state index contributed by atoms with van der Waals surface area (Å²) >= 11 is 14.8. The largest absolute Gasteiger partial charge is 0.332 e. The molecule has 0 aromatic heterocycles. The van der Waals surface area contributed by atoms with Gasteiger partial charge < -0.3 is 10.6 Å². The molecule has 0 aliphatic rings. The van der Waals surface area contributed by atoms with Crippen LogP contribution in [-0.4, -0.2) is 5.11 Å². The van der Waals surface area contributed by atoms with E-state index in [0.29, 0.717) is 10.1 Å². The topological polar surface area (TPSA) is 24.1 Å². The van der Waals surface area contributed by atoms with Crippen LogP contribution in [0.2, 0.25) is 5.02 Å². The van der Waals surface area contributed by atoms with Crippen LogP contribution >= 0.6 is 39.7 Å². The van der Waals surface area contributed by atoms with Crippen LogP contribution in [-0.2, 0) is 0 Å². The molecule has 0 heterocycles. The minimum atomic E-state index is 0.515. The van der Waals surface area contributed by atoms with E-state index in [1.165, 1.54) is 5.56 Å². The van der Waals surface area contributed by atoms with E-state index in [4.69, 9.17) is 23.8 Å². The fourth-order valence-corrected chi connectivity index (χ4v) is 2.76. The Morgan fingerprint density at radius 2 is 1.70 bits per heavy atom. The number of nitrogens with one attached hydrogen (secondary N) is 2. The summed E-state index contributed by atoms with van der Waals surface area (Å²) < 4.78 is 0.932. The van der Waals surface area contributed by atoms with Gasteiger partial charge in [-0.25, -0.2) is 0 Å². The molecule has 2 aromatic rings. The minimum Gasteiger partial charge on any atom is -0.332 e. The Morgan fingerprint density at radius 1 is 1.05 bits per heavy atom. The summed E-state index contributed by atoms with van der Waals surface area (Å²) in [5.74, 6) is 0. The van der Waals surface area contributed by atoms with Gasteiger partial charge in [0.15, 0.2) is 5.11 Å². The van der Waals surface area contributed by atoms with Gasteiger partial charge in [0.25, 0.3) is 0 Å². The number of hydrogen-bond acceptors (Lipinski definition) is 1. The van der Waals surface area contributed by atoms with Crippen molar-refractivity contribution in [2.24, 2.45) is 0 Å². The Bertz CT molecular complexity index is 603. The van der Waals surface area contributed by atoms with Crippen LogP contribution in [0.3, 0.4) is 0 Å². The van der Waals surface area contributed by atoms with Gasteiger partial charge in [-0.05, 0) is 55.9 Å². The van der Waals surface area contributed by atoms with Crippen LogP contribution in [0.25, 0.3) is 0 Å². The summed E-state index contributed by atoms with van der Waals surface area (Å²) in [6.07, 6.45) is 0. The van der Waals surface area contributed by atoms with Crippen LogP contribution in [0.4, 0.5) is 11.4 Å². The number of hydrogen-bond donors (Lipinski definition) is 2. The second-order valence-electron chi connectivity index (χ2n) is 4.52. The van der Waals surface area contributed by atoms with Crippen molar-refractivity contribution in [2.45, 2.75) is 13.8 Å². The van der Waals surface area contributed by atoms with Gasteiger partial charge in [0.2, 0.25) is 0 Å². The van der Waals surface area contributed by atoms with Gasteiger partial charge in [-0.3, -0.25) is 0 Å². The van der Waals surface area contributed by atoms with E-state index in [2.05, 4.69) is 39.6 Å². The van der Waals surface area contributed by atoms with Crippen molar-refractivity contribution in [3.8, 4) is 0 Å². The van der Waals surface area contributed by atoms with Gasteiger partial charge in [0.05, 0.1) is 10.7 Å². The molecule has 0 fully saturated rings. The molecule has 104 valence electrons. The maximum absolute atomic E-state index is 6.15. The number of rotatable bonds is 2. The molecule has 0 radical (unpaired) electrons. The Hall–Kier alpha value is -1.10. The van der Waals surface area contributed by atoms with Gasteiger partial charge >= 0.3 is 0 Å². The molecule has 0 saturated heterocycles. The molecule has 0 amide bonds. The average Bonchev–Trinajstić information content (AvgIpc) is 2.36. The highest BCUT2D eigenvalue weighted by atomic mass is 79.9. The zero-order valence-corrected chi connectivity index (χ0v) is 14.3. The SMILES string of the molecule is Cc1ccc(NC(=S)Nc2ccc(Br)cc2Cl)c(C)c1. The molecule has 0 spiro atoms. The molecule has 0 atom stereocenters. The first-order valence-corrected chi connectivity index (χ1v) is 7.64. The summed E-state index contributed by atoms with van der Waals surface area (Å²) in [6, 6.07) is 11.8. The van der Waals surface area contributed by atoms with E-state index in [0.717, 1.165) is 21.4 Å². The maximum Gasteiger partial charge on any atom is 0.175 e. The second kappa shape index (κ2) is 6.57. The zero-order valence-electron chi connectivity index (χ0n) is 11.1. The third-order valence-electron chi connectivity index (χ3n) is 2.81. The van der Waals surface area contributed by atoms with Crippen molar-refractivity contribution in [2.75, 3.05) is 10.6 Å². The molecule has 5 heteroatoms. The Morgan fingerprint density at radius 3 is 2.35 bits per heavy atom. The molecule has 0 aliphatic heterocycles. The van der Waals surface area contributed by atoms with Crippen molar-refractivity contribution in [3.05, 3.63) is 57.0 Å². The third-order valence-corrected chi connectivity index (χ3v) is 3.82. The molecule has 20 heavy (non-hydrogen) atoms. The summed E-state index contributed by atoms with van der Waals surface area (Å²) in [5, 5.41) is 7.40.